The lowest BCUT2D eigenvalue weighted by atomic mass is 10.0. The van der Waals surface area contributed by atoms with Gasteiger partial charge in [-0.1, -0.05) is 13.0 Å². The Bertz CT molecular complexity index is 884. The van der Waals surface area contributed by atoms with Crippen molar-refractivity contribution >= 4 is 5.82 Å². The summed E-state index contributed by atoms with van der Waals surface area (Å²) in [7, 11) is 1.76. The average Bonchev–Trinajstić information content (AvgIpc) is 3.10. The second-order valence-corrected chi connectivity index (χ2v) is 5.54. The predicted molar refractivity (Wildman–Crippen MR) is 90.7 cm³/mol. The third kappa shape index (κ3) is 3.50. The summed E-state index contributed by atoms with van der Waals surface area (Å²) in [6.07, 6.45) is 0.877. The van der Waals surface area contributed by atoms with E-state index in [9.17, 15) is 13.2 Å². The van der Waals surface area contributed by atoms with Gasteiger partial charge in [-0.2, -0.15) is 13.2 Å². The standard InChI is InChI=1S/C18H17F3N4/c1-3-12-4-5-14(8-15(12)18(19,20)21)25-7-6-13(10-25)16-9-17(22-2)24-11-23-16/h4-11H,3H2,1-2H3,(H,22,23,24). The Morgan fingerprint density at radius 3 is 2.60 bits per heavy atom. The first-order valence-electron chi connectivity index (χ1n) is 7.81. The van der Waals surface area contributed by atoms with Crippen molar-refractivity contribution in [2.24, 2.45) is 0 Å². The van der Waals surface area contributed by atoms with Crippen molar-refractivity contribution in [1.29, 1.82) is 0 Å². The SMILES string of the molecule is CCc1ccc(-n2ccc(-c3cc(NC)ncn3)c2)cc1C(F)(F)F. The van der Waals surface area contributed by atoms with Crippen LogP contribution in [0.4, 0.5) is 19.0 Å². The van der Waals surface area contributed by atoms with E-state index in [2.05, 4.69) is 15.3 Å². The van der Waals surface area contributed by atoms with E-state index >= 15 is 0 Å². The van der Waals surface area contributed by atoms with Crippen LogP contribution in [0.3, 0.4) is 0 Å². The highest BCUT2D eigenvalue weighted by atomic mass is 19.4. The number of hydrogen-bond donors (Lipinski definition) is 1. The van der Waals surface area contributed by atoms with Crippen molar-refractivity contribution < 1.29 is 13.2 Å². The molecule has 3 rings (SSSR count). The van der Waals surface area contributed by atoms with E-state index in [0.29, 0.717) is 23.6 Å². The van der Waals surface area contributed by atoms with Gasteiger partial charge in [-0.3, -0.25) is 0 Å². The van der Waals surface area contributed by atoms with E-state index in [0.717, 1.165) is 5.56 Å². The van der Waals surface area contributed by atoms with Crippen LogP contribution in [-0.4, -0.2) is 21.6 Å². The summed E-state index contributed by atoms with van der Waals surface area (Å²) in [6, 6.07) is 7.99. The Morgan fingerprint density at radius 2 is 1.92 bits per heavy atom. The van der Waals surface area contributed by atoms with Gasteiger partial charge in [-0.05, 0) is 30.2 Å². The van der Waals surface area contributed by atoms with Gasteiger partial charge < -0.3 is 9.88 Å². The molecule has 0 aliphatic rings. The van der Waals surface area contributed by atoms with E-state index in [4.69, 9.17) is 0 Å². The van der Waals surface area contributed by atoms with Crippen LogP contribution in [0.5, 0.6) is 0 Å². The van der Waals surface area contributed by atoms with Crippen molar-refractivity contribution in [3.63, 3.8) is 0 Å². The van der Waals surface area contributed by atoms with Gasteiger partial charge in [0.25, 0.3) is 0 Å². The molecule has 0 atom stereocenters. The smallest absolute Gasteiger partial charge is 0.373 e. The van der Waals surface area contributed by atoms with Crippen LogP contribution in [0, 0.1) is 0 Å². The van der Waals surface area contributed by atoms with Crippen molar-refractivity contribution in [2.75, 3.05) is 12.4 Å². The molecular formula is C18H17F3N4. The summed E-state index contributed by atoms with van der Waals surface area (Å²) < 4.78 is 41.4. The highest BCUT2D eigenvalue weighted by Crippen LogP contribution is 2.34. The molecule has 1 aromatic carbocycles. The maximum Gasteiger partial charge on any atom is 0.416 e. The molecule has 4 nitrogen and oxygen atoms in total. The number of aryl methyl sites for hydroxylation is 1. The molecule has 0 aliphatic carbocycles. The molecule has 0 radical (unpaired) electrons. The van der Waals surface area contributed by atoms with Gasteiger partial charge >= 0.3 is 6.18 Å². The van der Waals surface area contributed by atoms with Crippen molar-refractivity contribution in [3.05, 3.63) is 60.2 Å². The molecule has 25 heavy (non-hydrogen) atoms. The van der Waals surface area contributed by atoms with Crippen LogP contribution >= 0.6 is 0 Å². The van der Waals surface area contributed by atoms with Gasteiger partial charge in [0.2, 0.25) is 0 Å². The lowest BCUT2D eigenvalue weighted by molar-refractivity contribution is -0.138. The summed E-state index contributed by atoms with van der Waals surface area (Å²) in [5.41, 5.74) is 1.64. The predicted octanol–water partition coefficient (Wildman–Crippen LogP) is 4.56. The molecule has 0 fully saturated rings. The molecule has 0 saturated heterocycles. The fraction of sp³-hybridized carbons (Fsp3) is 0.222. The Balaban J connectivity index is 2.00. The van der Waals surface area contributed by atoms with Crippen molar-refractivity contribution in [1.82, 2.24) is 14.5 Å². The summed E-state index contributed by atoms with van der Waals surface area (Å²) in [5, 5.41) is 2.93. The lowest BCUT2D eigenvalue weighted by Crippen LogP contribution is -2.10. The molecule has 0 amide bonds. The Hall–Kier alpha value is -2.83. The third-order valence-electron chi connectivity index (χ3n) is 3.99. The number of nitrogens with one attached hydrogen (secondary N) is 1. The molecule has 2 heterocycles. The molecule has 2 aromatic heterocycles. The quantitative estimate of drug-likeness (QED) is 0.753. The van der Waals surface area contributed by atoms with Crippen molar-refractivity contribution in [3.8, 4) is 16.9 Å². The molecular weight excluding hydrogens is 329 g/mol. The number of nitrogens with zero attached hydrogens (tertiary/aromatic N) is 3. The summed E-state index contributed by atoms with van der Waals surface area (Å²) in [4.78, 5) is 8.26. The number of aromatic nitrogens is 3. The minimum atomic E-state index is -4.37. The first-order valence-corrected chi connectivity index (χ1v) is 7.81. The zero-order valence-electron chi connectivity index (χ0n) is 13.8. The van der Waals surface area contributed by atoms with E-state index in [1.165, 1.54) is 18.5 Å². The molecule has 0 spiro atoms. The number of alkyl halides is 3. The molecule has 3 aromatic rings. The zero-order chi connectivity index (χ0) is 18.0. The monoisotopic (exact) mass is 346 g/mol. The van der Waals surface area contributed by atoms with E-state index in [-0.39, 0.29) is 5.56 Å². The molecule has 0 aliphatic heterocycles. The number of halogens is 3. The van der Waals surface area contributed by atoms with Gasteiger partial charge in [0.15, 0.2) is 0 Å². The van der Waals surface area contributed by atoms with Gasteiger partial charge in [0.1, 0.15) is 12.1 Å². The normalized spacial score (nSPS) is 11.6. The Kier molecular flexibility index (Phi) is 4.48. The number of hydrogen-bond acceptors (Lipinski definition) is 3. The number of benzene rings is 1. The number of anilines is 1. The molecule has 1 N–H and O–H groups in total. The van der Waals surface area contributed by atoms with Crippen LogP contribution in [0.2, 0.25) is 0 Å². The molecule has 0 saturated carbocycles. The average molecular weight is 346 g/mol. The minimum absolute atomic E-state index is 0.290. The Morgan fingerprint density at radius 1 is 1.12 bits per heavy atom. The van der Waals surface area contributed by atoms with E-state index < -0.39 is 11.7 Å². The summed E-state index contributed by atoms with van der Waals surface area (Å²) in [6.45, 7) is 1.71. The minimum Gasteiger partial charge on any atom is -0.373 e. The van der Waals surface area contributed by atoms with Crippen LogP contribution in [0.1, 0.15) is 18.1 Å². The lowest BCUT2D eigenvalue weighted by Gasteiger charge is -2.14. The second kappa shape index (κ2) is 6.58. The topological polar surface area (TPSA) is 42.7 Å². The maximum absolute atomic E-state index is 13.3. The van der Waals surface area contributed by atoms with Crippen LogP contribution < -0.4 is 5.32 Å². The van der Waals surface area contributed by atoms with Crippen LogP contribution in [0.25, 0.3) is 16.9 Å². The number of rotatable bonds is 4. The maximum atomic E-state index is 13.3. The fourth-order valence-electron chi connectivity index (χ4n) is 2.66. The first-order chi connectivity index (χ1) is 11.9. The van der Waals surface area contributed by atoms with Crippen LogP contribution in [-0.2, 0) is 12.6 Å². The first kappa shape index (κ1) is 17.0. The molecule has 0 unspecified atom stereocenters. The molecule has 0 bridgehead atoms. The molecule has 7 heteroatoms. The van der Waals surface area contributed by atoms with Crippen LogP contribution in [0.15, 0.2) is 49.1 Å². The van der Waals surface area contributed by atoms with E-state index in [1.54, 1.807) is 43.1 Å². The van der Waals surface area contributed by atoms with Crippen molar-refractivity contribution in [2.45, 2.75) is 19.5 Å². The largest absolute Gasteiger partial charge is 0.416 e. The highest BCUT2D eigenvalue weighted by molar-refractivity contribution is 5.62. The second-order valence-electron chi connectivity index (χ2n) is 5.54. The van der Waals surface area contributed by atoms with Gasteiger partial charge in [0.05, 0.1) is 11.3 Å². The summed E-state index contributed by atoms with van der Waals surface area (Å²) >= 11 is 0. The van der Waals surface area contributed by atoms with E-state index in [1.807, 2.05) is 6.07 Å². The summed E-state index contributed by atoms with van der Waals surface area (Å²) in [5.74, 6) is 0.671. The van der Waals surface area contributed by atoms with Gasteiger partial charge in [-0.15, -0.1) is 0 Å². The van der Waals surface area contributed by atoms with Gasteiger partial charge in [-0.25, -0.2) is 9.97 Å². The van der Waals surface area contributed by atoms with Gasteiger partial charge in [0, 0.05) is 36.8 Å². The zero-order valence-corrected chi connectivity index (χ0v) is 13.8. The Labute approximate surface area is 143 Å². The molecule has 130 valence electrons. The highest BCUT2D eigenvalue weighted by Gasteiger charge is 2.33. The third-order valence-corrected chi connectivity index (χ3v) is 3.99. The fourth-order valence-corrected chi connectivity index (χ4v) is 2.66.